The van der Waals surface area contributed by atoms with Gasteiger partial charge in [0.15, 0.2) is 0 Å². The summed E-state index contributed by atoms with van der Waals surface area (Å²) in [6, 6.07) is 0. The lowest BCUT2D eigenvalue weighted by molar-refractivity contribution is 0.146. The standard InChI is InChI=1S/C16H34/c1-6-9-12-15(4)16(5,13-10-7-2)14-11-8-3/h15H,6-14H2,1-5H3. The van der Waals surface area contributed by atoms with Crippen LogP contribution in [0, 0.1) is 11.3 Å². The fourth-order valence-electron chi connectivity index (χ4n) is 2.64. The predicted molar refractivity (Wildman–Crippen MR) is 75.8 cm³/mol. The summed E-state index contributed by atoms with van der Waals surface area (Å²) in [6.07, 6.45) is 12.6. The molecule has 98 valence electrons. The second kappa shape index (κ2) is 9.07. The van der Waals surface area contributed by atoms with Crippen molar-refractivity contribution in [3.05, 3.63) is 0 Å². The molecule has 0 N–H and O–H groups in total. The molecule has 1 atom stereocenters. The third-order valence-electron chi connectivity index (χ3n) is 4.38. The normalized spacial score (nSPS) is 14.1. The maximum Gasteiger partial charge on any atom is -0.0300 e. The van der Waals surface area contributed by atoms with Crippen molar-refractivity contribution < 1.29 is 0 Å². The summed E-state index contributed by atoms with van der Waals surface area (Å²) in [6.45, 7) is 12.0. The van der Waals surface area contributed by atoms with Crippen LogP contribution in [0.4, 0.5) is 0 Å². The average molecular weight is 226 g/mol. The first-order chi connectivity index (χ1) is 7.60. The lowest BCUT2D eigenvalue weighted by Crippen LogP contribution is -2.25. The fourth-order valence-corrected chi connectivity index (χ4v) is 2.64. The SMILES string of the molecule is CCCCC(C)C(C)(CCCC)CCCC. The Morgan fingerprint density at radius 1 is 0.812 bits per heavy atom. The molecule has 0 amide bonds. The Morgan fingerprint density at radius 2 is 1.25 bits per heavy atom. The van der Waals surface area contributed by atoms with Crippen LogP contribution in [0.25, 0.3) is 0 Å². The van der Waals surface area contributed by atoms with Gasteiger partial charge < -0.3 is 0 Å². The van der Waals surface area contributed by atoms with Crippen LogP contribution in [-0.2, 0) is 0 Å². The maximum absolute atomic E-state index is 2.54. The second-order valence-corrected chi connectivity index (χ2v) is 5.90. The summed E-state index contributed by atoms with van der Waals surface area (Å²) in [4.78, 5) is 0. The van der Waals surface area contributed by atoms with Gasteiger partial charge in [0.05, 0.1) is 0 Å². The van der Waals surface area contributed by atoms with Crippen LogP contribution in [0.1, 0.15) is 92.4 Å². The van der Waals surface area contributed by atoms with Gasteiger partial charge in [-0.2, -0.15) is 0 Å². The molecule has 0 spiro atoms. The molecule has 0 aromatic rings. The summed E-state index contributed by atoms with van der Waals surface area (Å²) in [7, 11) is 0. The highest BCUT2D eigenvalue weighted by Crippen LogP contribution is 2.40. The zero-order valence-electron chi connectivity index (χ0n) is 12.4. The first kappa shape index (κ1) is 16.0. The summed E-state index contributed by atoms with van der Waals surface area (Å²) < 4.78 is 0. The van der Waals surface area contributed by atoms with E-state index < -0.39 is 0 Å². The molecule has 0 rings (SSSR count). The average Bonchev–Trinajstić information content (AvgIpc) is 2.30. The van der Waals surface area contributed by atoms with Gasteiger partial charge in [0.1, 0.15) is 0 Å². The van der Waals surface area contributed by atoms with Crippen molar-refractivity contribution in [2.45, 2.75) is 92.4 Å². The summed E-state index contributed by atoms with van der Waals surface area (Å²) >= 11 is 0. The summed E-state index contributed by atoms with van der Waals surface area (Å²) in [5.74, 6) is 0.908. The monoisotopic (exact) mass is 226 g/mol. The largest absolute Gasteiger partial charge is 0.0654 e. The van der Waals surface area contributed by atoms with Crippen molar-refractivity contribution in [1.29, 1.82) is 0 Å². The Bertz CT molecular complexity index is 140. The minimum Gasteiger partial charge on any atom is -0.0654 e. The van der Waals surface area contributed by atoms with Crippen molar-refractivity contribution in [3.63, 3.8) is 0 Å². The van der Waals surface area contributed by atoms with E-state index in [0.29, 0.717) is 5.41 Å². The Labute approximate surface area is 104 Å². The Kier molecular flexibility index (Phi) is 9.07. The van der Waals surface area contributed by atoms with Gasteiger partial charge in [-0.05, 0) is 24.2 Å². The van der Waals surface area contributed by atoms with Crippen LogP contribution < -0.4 is 0 Å². The van der Waals surface area contributed by atoms with Crippen LogP contribution in [0.3, 0.4) is 0 Å². The molecule has 0 heterocycles. The highest BCUT2D eigenvalue weighted by Gasteiger charge is 2.29. The molecule has 0 aliphatic carbocycles. The fraction of sp³-hybridized carbons (Fsp3) is 1.00. The Morgan fingerprint density at radius 3 is 1.62 bits per heavy atom. The van der Waals surface area contributed by atoms with Gasteiger partial charge in [-0.1, -0.05) is 79.6 Å². The van der Waals surface area contributed by atoms with E-state index in [9.17, 15) is 0 Å². The molecule has 1 unspecified atom stereocenters. The molecule has 0 nitrogen and oxygen atoms in total. The van der Waals surface area contributed by atoms with Crippen LogP contribution in [-0.4, -0.2) is 0 Å². The van der Waals surface area contributed by atoms with Gasteiger partial charge in [-0.3, -0.25) is 0 Å². The van der Waals surface area contributed by atoms with Crippen LogP contribution in [0.2, 0.25) is 0 Å². The van der Waals surface area contributed by atoms with E-state index in [4.69, 9.17) is 0 Å². The molecule has 16 heavy (non-hydrogen) atoms. The van der Waals surface area contributed by atoms with Crippen molar-refractivity contribution in [2.24, 2.45) is 11.3 Å². The molecule has 0 aliphatic rings. The first-order valence-electron chi connectivity index (χ1n) is 7.60. The first-order valence-corrected chi connectivity index (χ1v) is 7.60. The van der Waals surface area contributed by atoms with E-state index in [1.807, 2.05) is 0 Å². The molecule has 0 radical (unpaired) electrons. The van der Waals surface area contributed by atoms with Gasteiger partial charge >= 0.3 is 0 Å². The van der Waals surface area contributed by atoms with Crippen molar-refractivity contribution in [1.82, 2.24) is 0 Å². The second-order valence-electron chi connectivity index (χ2n) is 5.90. The lowest BCUT2D eigenvalue weighted by Gasteiger charge is -2.36. The number of unbranched alkanes of at least 4 members (excludes halogenated alkanes) is 3. The molecular formula is C16H34. The molecule has 0 heteroatoms. The van der Waals surface area contributed by atoms with Crippen molar-refractivity contribution in [2.75, 3.05) is 0 Å². The van der Waals surface area contributed by atoms with Crippen LogP contribution in [0.15, 0.2) is 0 Å². The van der Waals surface area contributed by atoms with E-state index in [-0.39, 0.29) is 0 Å². The summed E-state index contributed by atoms with van der Waals surface area (Å²) in [5, 5.41) is 0. The number of hydrogen-bond donors (Lipinski definition) is 0. The van der Waals surface area contributed by atoms with Gasteiger partial charge in [-0.25, -0.2) is 0 Å². The van der Waals surface area contributed by atoms with Gasteiger partial charge in [0.25, 0.3) is 0 Å². The molecule has 0 bridgehead atoms. The van der Waals surface area contributed by atoms with Crippen molar-refractivity contribution >= 4 is 0 Å². The summed E-state index contributed by atoms with van der Waals surface area (Å²) in [5.41, 5.74) is 0.612. The topological polar surface area (TPSA) is 0 Å². The maximum atomic E-state index is 2.54. The Balaban J connectivity index is 4.24. The third kappa shape index (κ3) is 5.92. The van der Waals surface area contributed by atoms with Gasteiger partial charge in [-0.15, -0.1) is 0 Å². The molecule has 0 aromatic carbocycles. The van der Waals surface area contributed by atoms with E-state index >= 15 is 0 Å². The number of hydrogen-bond acceptors (Lipinski definition) is 0. The molecule has 0 fully saturated rings. The Hall–Kier alpha value is 0. The zero-order valence-corrected chi connectivity index (χ0v) is 12.4. The predicted octanol–water partition coefficient (Wildman–Crippen LogP) is 6.20. The molecule has 0 aromatic heterocycles. The molecule has 0 aliphatic heterocycles. The van der Waals surface area contributed by atoms with E-state index in [2.05, 4.69) is 34.6 Å². The highest BCUT2D eigenvalue weighted by molar-refractivity contribution is 4.80. The van der Waals surface area contributed by atoms with Crippen LogP contribution in [0.5, 0.6) is 0 Å². The van der Waals surface area contributed by atoms with Crippen LogP contribution >= 0.6 is 0 Å². The highest BCUT2D eigenvalue weighted by atomic mass is 14.3. The van der Waals surface area contributed by atoms with E-state index in [0.717, 1.165) is 5.92 Å². The molecule has 0 saturated carbocycles. The van der Waals surface area contributed by atoms with E-state index in [1.165, 1.54) is 57.8 Å². The van der Waals surface area contributed by atoms with Crippen molar-refractivity contribution in [3.8, 4) is 0 Å². The van der Waals surface area contributed by atoms with Gasteiger partial charge in [0, 0.05) is 0 Å². The van der Waals surface area contributed by atoms with E-state index in [1.54, 1.807) is 0 Å². The molecular weight excluding hydrogens is 192 g/mol. The smallest absolute Gasteiger partial charge is 0.0300 e. The minimum absolute atomic E-state index is 0.612. The lowest BCUT2D eigenvalue weighted by atomic mass is 9.69. The number of rotatable bonds is 10. The quantitative estimate of drug-likeness (QED) is 0.416. The third-order valence-corrected chi connectivity index (χ3v) is 4.38. The zero-order chi connectivity index (χ0) is 12.4. The molecule has 0 saturated heterocycles. The van der Waals surface area contributed by atoms with Gasteiger partial charge in [0.2, 0.25) is 0 Å². The minimum atomic E-state index is 0.612.